The number of anilines is 1. The molecular formula is C31H32FN5O7S2. The molecule has 0 bridgehead atoms. The Morgan fingerprint density at radius 2 is 1.67 bits per heavy atom. The van der Waals surface area contributed by atoms with Crippen molar-refractivity contribution >= 4 is 51.9 Å². The molecule has 2 amide bonds. The van der Waals surface area contributed by atoms with Crippen molar-refractivity contribution in [2.45, 2.75) is 39.4 Å². The maximum atomic E-state index is 13.6. The van der Waals surface area contributed by atoms with Crippen LogP contribution in [0.1, 0.15) is 62.5 Å². The summed E-state index contributed by atoms with van der Waals surface area (Å²) < 4.78 is 31.1. The number of amides is 2. The predicted molar refractivity (Wildman–Crippen MR) is 170 cm³/mol. The predicted octanol–water partition coefficient (Wildman–Crippen LogP) is 5.19. The van der Waals surface area contributed by atoms with E-state index in [9.17, 15) is 23.6 Å². The van der Waals surface area contributed by atoms with Gasteiger partial charge in [-0.15, -0.1) is 21.5 Å². The third-order valence-corrected chi connectivity index (χ3v) is 8.39. The second-order valence-corrected chi connectivity index (χ2v) is 11.4. The number of hydrogen-bond acceptors (Lipinski definition) is 11. The molecule has 0 fully saturated rings. The minimum Gasteiger partial charge on any atom is -0.494 e. The topological polar surface area (TPSA) is 151 Å². The van der Waals surface area contributed by atoms with Crippen LogP contribution in [-0.2, 0) is 20.8 Å². The summed E-state index contributed by atoms with van der Waals surface area (Å²) in [7, 11) is 0. The molecule has 4 rings (SSSR count). The van der Waals surface area contributed by atoms with Gasteiger partial charge in [0.05, 0.1) is 37.7 Å². The molecule has 0 spiro atoms. The number of carbonyl (C=O) groups is 4. The van der Waals surface area contributed by atoms with Crippen molar-refractivity contribution < 1.29 is 37.8 Å². The zero-order valence-corrected chi connectivity index (χ0v) is 27.2. The summed E-state index contributed by atoms with van der Waals surface area (Å²) in [6, 6.07) is 12.4. The molecule has 0 aliphatic rings. The van der Waals surface area contributed by atoms with Gasteiger partial charge in [0.1, 0.15) is 21.4 Å². The van der Waals surface area contributed by atoms with Crippen molar-refractivity contribution in [2.24, 2.45) is 0 Å². The van der Waals surface area contributed by atoms with E-state index in [1.165, 1.54) is 18.2 Å². The van der Waals surface area contributed by atoms with Crippen LogP contribution in [0.2, 0.25) is 0 Å². The molecule has 0 saturated carbocycles. The first-order valence-electron chi connectivity index (χ1n) is 14.3. The Bertz CT molecular complexity index is 1720. The largest absolute Gasteiger partial charge is 0.494 e. The van der Waals surface area contributed by atoms with Gasteiger partial charge in [-0.25, -0.2) is 14.0 Å². The van der Waals surface area contributed by atoms with E-state index in [4.69, 9.17) is 14.2 Å². The first-order chi connectivity index (χ1) is 22.2. The Morgan fingerprint density at radius 1 is 0.957 bits per heavy atom. The Hall–Kier alpha value is -4.76. The smallest absolute Gasteiger partial charge is 0.348 e. The number of ether oxygens (including phenoxy) is 3. The van der Waals surface area contributed by atoms with Crippen LogP contribution in [0.15, 0.2) is 53.7 Å². The minimum atomic E-state index is -0.671. The van der Waals surface area contributed by atoms with Gasteiger partial charge < -0.3 is 24.8 Å². The van der Waals surface area contributed by atoms with Crippen molar-refractivity contribution in [1.29, 1.82) is 0 Å². The van der Waals surface area contributed by atoms with Crippen LogP contribution in [0, 0.1) is 12.7 Å². The number of aromatic nitrogens is 3. The average molecular weight is 670 g/mol. The highest BCUT2D eigenvalue weighted by Gasteiger charge is 2.27. The number of nitrogens with zero attached hydrogens (tertiary/aromatic N) is 3. The number of hydrogen-bond donors (Lipinski definition) is 2. The monoisotopic (exact) mass is 669 g/mol. The van der Waals surface area contributed by atoms with E-state index in [0.29, 0.717) is 34.6 Å². The number of thiophene rings is 1. The summed E-state index contributed by atoms with van der Waals surface area (Å²) in [5.41, 5.74) is 1.23. The fraction of sp³-hybridized carbons (Fsp3) is 0.290. The molecule has 15 heteroatoms. The van der Waals surface area contributed by atoms with E-state index in [1.54, 1.807) is 49.6 Å². The van der Waals surface area contributed by atoms with E-state index in [-0.39, 0.29) is 46.5 Å². The van der Waals surface area contributed by atoms with Crippen LogP contribution in [-0.4, -0.2) is 64.1 Å². The van der Waals surface area contributed by atoms with Gasteiger partial charge in [0.25, 0.3) is 5.91 Å². The zero-order chi connectivity index (χ0) is 33.2. The quantitative estimate of drug-likeness (QED) is 0.136. The van der Waals surface area contributed by atoms with Gasteiger partial charge in [0.15, 0.2) is 11.0 Å². The summed E-state index contributed by atoms with van der Waals surface area (Å²) in [5, 5.41) is 14.4. The Balaban J connectivity index is 1.56. The molecule has 0 radical (unpaired) electrons. The van der Waals surface area contributed by atoms with Gasteiger partial charge in [0.2, 0.25) is 5.91 Å². The van der Waals surface area contributed by atoms with Crippen LogP contribution in [0.4, 0.5) is 9.39 Å². The van der Waals surface area contributed by atoms with Crippen LogP contribution in [0.25, 0.3) is 5.69 Å². The van der Waals surface area contributed by atoms with Gasteiger partial charge in [-0.1, -0.05) is 17.8 Å². The fourth-order valence-corrected chi connectivity index (χ4v) is 6.13. The van der Waals surface area contributed by atoms with Crippen LogP contribution in [0.5, 0.6) is 5.75 Å². The highest BCUT2D eigenvalue weighted by molar-refractivity contribution is 7.99. The summed E-state index contributed by atoms with van der Waals surface area (Å²) in [5.74, 6) is -1.92. The second-order valence-electron chi connectivity index (χ2n) is 9.39. The molecule has 0 atom stereocenters. The lowest BCUT2D eigenvalue weighted by Gasteiger charge is -2.12. The maximum Gasteiger partial charge on any atom is 0.348 e. The third kappa shape index (κ3) is 8.28. The van der Waals surface area contributed by atoms with Crippen LogP contribution < -0.4 is 15.4 Å². The fourth-order valence-electron chi connectivity index (χ4n) is 4.25. The number of rotatable bonds is 14. The number of thioether (sulfide) groups is 1. The molecule has 2 heterocycles. The van der Waals surface area contributed by atoms with Gasteiger partial charge in [-0.05, 0) is 75.7 Å². The van der Waals surface area contributed by atoms with Crippen molar-refractivity contribution in [3.05, 3.63) is 81.7 Å². The molecule has 0 aliphatic heterocycles. The Labute approximate surface area is 272 Å². The molecule has 4 aromatic rings. The van der Waals surface area contributed by atoms with Gasteiger partial charge >= 0.3 is 11.9 Å². The SMILES string of the molecule is CCOC(=O)c1sc(NC(=O)CSc2nnc(CNC(=O)c3cccc(F)c3)n2-c2ccc(OCC)cc2)c(C(=O)OCC)c1C. The number of carbonyl (C=O) groups excluding carboxylic acids is 4. The van der Waals surface area contributed by atoms with E-state index in [0.717, 1.165) is 29.2 Å². The number of nitrogens with one attached hydrogen (secondary N) is 2. The summed E-state index contributed by atoms with van der Waals surface area (Å²) in [4.78, 5) is 51.2. The summed E-state index contributed by atoms with van der Waals surface area (Å²) in [6.45, 7) is 7.49. The highest BCUT2D eigenvalue weighted by Crippen LogP contribution is 2.35. The number of halogens is 1. The molecule has 46 heavy (non-hydrogen) atoms. The van der Waals surface area contributed by atoms with Crippen molar-refractivity contribution in [3.8, 4) is 11.4 Å². The lowest BCUT2D eigenvalue weighted by atomic mass is 10.1. The minimum absolute atomic E-state index is 0.0453. The molecular weight excluding hydrogens is 638 g/mol. The summed E-state index contributed by atoms with van der Waals surface area (Å²) in [6.07, 6.45) is 0. The van der Waals surface area contributed by atoms with Gasteiger partial charge in [-0.3, -0.25) is 14.2 Å². The zero-order valence-electron chi connectivity index (χ0n) is 25.5. The van der Waals surface area contributed by atoms with Crippen molar-refractivity contribution in [1.82, 2.24) is 20.1 Å². The first-order valence-corrected chi connectivity index (χ1v) is 16.1. The molecule has 0 saturated heterocycles. The van der Waals surface area contributed by atoms with Crippen molar-refractivity contribution in [3.63, 3.8) is 0 Å². The second kappa shape index (κ2) is 16.0. The summed E-state index contributed by atoms with van der Waals surface area (Å²) >= 11 is 2.00. The van der Waals surface area contributed by atoms with E-state index in [2.05, 4.69) is 20.8 Å². The standard InChI is InChI=1S/C31H32FN5O7S2/c1-5-42-22-13-11-21(12-14-22)37-23(16-33-27(39)19-9-8-10-20(32)15-19)35-36-31(37)45-17-24(38)34-28-25(29(40)43-6-2)18(4)26(46-28)30(41)44-7-3/h8-15H,5-7,16-17H2,1-4H3,(H,33,39)(H,34,38). The average Bonchev–Trinajstić information content (AvgIpc) is 3.59. The molecule has 12 nitrogen and oxygen atoms in total. The Morgan fingerprint density at radius 3 is 2.35 bits per heavy atom. The van der Waals surface area contributed by atoms with Crippen LogP contribution >= 0.6 is 23.1 Å². The number of esters is 2. The lowest BCUT2D eigenvalue weighted by molar-refractivity contribution is -0.113. The van der Waals surface area contributed by atoms with Gasteiger partial charge in [-0.2, -0.15) is 0 Å². The highest BCUT2D eigenvalue weighted by atomic mass is 32.2. The molecule has 2 aromatic carbocycles. The lowest BCUT2D eigenvalue weighted by Crippen LogP contribution is -2.24. The number of benzene rings is 2. The molecule has 2 N–H and O–H groups in total. The Kier molecular flexibility index (Phi) is 11.9. The van der Waals surface area contributed by atoms with E-state index >= 15 is 0 Å². The third-order valence-electron chi connectivity index (χ3n) is 6.27. The maximum absolute atomic E-state index is 13.6. The first kappa shape index (κ1) is 34.1. The molecule has 0 aliphatic carbocycles. The van der Waals surface area contributed by atoms with Gasteiger partial charge in [0, 0.05) is 11.3 Å². The van der Waals surface area contributed by atoms with Crippen LogP contribution in [0.3, 0.4) is 0 Å². The molecule has 0 unspecified atom stereocenters. The van der Waals surface area contributed by atoms with E-state index < -0.39 is 29.6 Å². The molecule has 242 valence electrons. The normalized spacial score (nSPS) is 10.7. The van der Waals surface area contributed by atoms with Crippen molar-refractivity contribution in [2.75, 3.05) is 30.9 Å². The van der Waals surface area contributed by atoms with E-state index in [1.807, 2.05) is 6.92 Å². The molecule has 2 aromatic heterocycles.